The van der Waals surface area contributed by atoms with Gasteiger partial charge in [0.25, 0.3) is 0 Å². The molecule has 0 N–H and O–H groups in total. The number of hydrogen-bond donors (Lipinski definition) is 0. The van der Waals surface area contributed by atoms with Gasteiger partial charge in [-0.25, -0.2) is 4.79 Å². The van der Waals surface area contributed by atoms with Crippen LogP contribution in [0, 0.1) is 11.8 Å². The number of hydrogen-bond acceptors (Lipinski definition) is 3. The van der Waals surface area contributed by atoms with Crippen LogP contribution in [0.1, 0.15) is 32.1 Å². The Labute approximate surface area is 117 Å². The lowest BCUT2D eigenvalue weighted by Gasteiger charge is -2.25. The summed E-state index contributed by atoms with van der Waals surface area (Å²) in [6, 6.07) is 0. The first-order valence-corrected chi connectivity index (χ1v) is 6.75. The fourth-order valence-corrected chi connectivity index (χ4v) is 2.49. The number of ether oxygens (including phenoxy) is 2. The average molecular weight is 294 g/mol. The number of methoxy groups -OCH3 is 2. The molecule has 0 spiro atoms. The summed E-state index contributed by atoms with van der Waals surface area (Å²) in [5.74, 6) is -2.83. The first-order chi connectivity index (χ1) is 9.40. The fraction of sp³-hybridized carbons (Fsp3) is 0.786. The molecule has 0 amide bonds. The molecule has 0 heterocycles. The maximum absolute atomic E-state index is 13.1. The molecule has 6 heteroatoms. The highest BCUT2D eigenvalue weighted by Gasteiger charge is 2.47. The zero-order valence-corrected chi connectivity index (χ0v) is 11.8. The van der Waals surface area contributed by atoms with Gasteiger partial charge in [0, 0.05) is 7.11 Å². The maximum Gasteiger partial charge on any atom is 0.398 e. The first-order valence-electron chi connectivity index (χ1n) is 6.75. The molecule has 1 saturated carbocycles. The molecule has 0 saturated heterocycles. The lowest BCUT2D eigenvalue weighted by atomic mass is 9.87. The fourth-order valence-electron chi connectivity index (χ4n) is 2.49. The van der Waals surface area contributed by atoms with Gasteiger partial charge >= 0.3 is 12.1 Å². The van der Waals surface area contributed by atoms with E-state index in [2.05, 4.69) is 9.47 Å². The Morgan fingerprint density at radius 2 is 1.80 bits per heavy atom. The smallest absolute Gasteiger partial charge is 0.398 e. The summed E-state index contributed by atoms with van der Waals surface area (Å²) < 4.78 is 48.3. The minimum Gasteiger partial charge on any atom is -0.467 e. The van der Waals surface area contributed by atoms with Crippen molar-refractivity contribution in [2.24, 2.45) is 11.8 Å². The molecule has 1 aliphatic carbocycles. The van der Waals surface area contributed by atoms with Crippen LogP contribution in [-0.4, -0.2) is 32.5 Å². The molecule has 0 aromatic rings. The van der Waals surface area contributed by atoms with E-state index in [9.17, 15) is 18.0 Å². The predicted molar refractivity (Wildman–Crippen MR) is 68.1 cm³/mol. The number of halogens is 3. The van der Waals surface area contributed by atoms with Crippen LogP contribution in [0.4, 0.5) is 13.2 Å². The minimum absolute atomic E-state index is 0.156. The van der Waals surface area contributed by atoms with E-state index < -0.39 is 24.2 Å². The van der Waals surface area contributed by atoms with Crippen molar-refractivity contribution in [2.45, 2.75) is 44.4 Å². The van der Waals surface area contributed by atoms with E-state index in [0.717, 1.165) is 52.4 Å². The van der Waals surface area contributed by atoms with Crippen molar-refractivity contribution in [1.29, 1.82) is 0 Å². The van der Waals surface area contributed by atoms with Gasteiger partial charge in [0.2, 0.25) is 0 Å². The Morgan fingerprint density at radius 1 is 1.20 bits per heavy atom. The Balaban J connectivity index is 2.82. The van der Waals surface area contributed by atoms with E-state index in [1.54, 1.807) is 6.08 Å². The molecule has 116 valence electrons. The van der Waals surface area contributed by atoms with Crippen LogP contribution in [0.2, 0.25) is 0 Å². The van der Waals surface area contributed by atoms with Crippen LogP contribution < -0.4 is 0 Å². The van der Waals surface area contributed by atoms with E-state index >= 15 is 0 Å². The van der Waals surface area contributed by atoms with Gasteiger partial charge < -0.3 is 9.47 Å². The normalized spacial score (nSPS) is 20.9. The van der Waals surface area contributed by atoms with Crippen LogP contribution in [0.15, 0.2) is 12.2 Å². The van der Waals surface area contributed by atoms with Gasteiger partial charge in [-0.05, 0) is 18.8 Å². The van der Waals surface area contributed by atoms with Crippen LogP contribution in [0.25, 0.3) is 0 Å². The molecule has 0 unspecified atom stereocenters. The van der Waals surface area contributed by atoms with Crippen molar-refractivity contribution in [2.75, 3.05) is 14.2 Å². The molecule has 3 nitrogen and oxygen atoms in total. The number of rotatable bonds is 5. The largest absolute Gasteiger partial charge is 0.467 e. The van der Waals surface area contributed by atoms with Crippen molar-refractivity contribution >= 4 is 5.97 Å². The van der Waals surface area contributed by atoms with Gasteiger partial charge in [0.15, 0.2) is 6.10 Å². The zero-order chi connectivity index (χ0) is 15.2. The molecule has 0 bridgehead atoms. The molecule has 0 radical (unpaired) electrons. The molecule has 2 atom stereocenters. The van der Waals surface area contributed by atoms with Crippen molar-refractivity contribution in [3.05, 3.63) is 12.2 Å². The molecule has 0 aromatic heterocycles. The summed E-state index contributed by atoms with van der Waals surface area (Å²) in [4.78, 5) is 11.4. The predicted octanol–water partition coefficient (Wildman–Crippen LogP) is 3.49. The number of esters is 1. The molecule has 1 fully saturated rings. The third-order valence-corrected chi connectivity index (χ3v) is 3.63. The van der Waals surface area contributed by atoms with E-state index in [1.165, 1.54) is 0 Å². The molecule has 0 aromatic carbocycles. The Kier molecular flexibility index (Phi) is 6.52. The van der Waals surface area contributed by atoms with Crippen molar-refractivity contribution in [3.63, 3.8) is 0 Å². The van der Waals surface area contributed by atoms with E-state index in [-0.39, 0.29) is 5.92 Å². The first kappa shape index (κ1) is 17.0. The highest BCUT2D eigenvalue weighted by atomic mass is 19.4. The van der Waals surface area contributed by atoms with Gasteiger partial charge in [-0.1, -0.05) is 31.4 Å². The Hall–Kier alpha value is -1.04. The van der Waals surface area contributed by atoms with Crippen LogP contribution in [0.3, 0.4) is 0 Å². The number of alkyl halides is 3. The van der Waals surface area contributed by atoms with Gasteiger partial charge in [0.1, 0.15) is 5.92 Å². The quantitative estimate of drug-likeness (QED) is 0.575. The molecule has 1 aliphatic rings. The van der Waals surface area contributed by atoms with E-state index in [0.29, 0.717) is 0 Å². The lowest BCUT2D eigenvalue weighted by Crippen LogP contribution is -2.40. The van der Waals surface area contributed by atoms with Crippen molar-refractivity contribution in [1.82, 2.24) is 0 Å². The number of carbonyl (C=O) groups is 1. The summed E-state index contributed by atoms with van der Waals surface area (Å²) in [7, 11) is 2.13. The summed E-state index contributed by atoms with van der Waals surface area (Å²) in [5.41, 5.74) is 0. The van der Waals surface area contributed by atoms with Crippen LogP contribution in [-0.2, 0) is 14.3 Å². The van der Waals surface area contributed by atoms with Gasteiger partial charge in [-0.2, -0.15) is 13.2 Å². The third kappa shape index (κ3) is 4.81. The average Bonchev–Trinajstić information content (AvgIpc) is 2.42. The summed E-state index contributed by atoms with van der Waals surface area (Å²) in [6.45, 7) is 0. The zero-order valence-electron chi connectivity index (χ0n) is 11.8. The Bertz CT molecular complexity index is 333. The van der Waals surface area contributed by atoms with Crippen LogP contribution >= 0.6 is 0 Å². The van der Waals surface area contributed by atoms with Crippen LogP contribution in [0.5, 0.6) is 0 Å². The lowest BCUT2D eigenvalue weighted by molar-refractivity contribution is -0.200. The van der Waals surface area contributed by atoms with Crippen molar-refractivity contribution < 1.29 is 27.4 Å². The SMILES string of the molecule is COC(=O)[C@@H](OC)[C@@H](/C=C/C1CCCCC1)C(F)(F)F. The highest BCUT2D eigenvalue weighted by molar-refractivity contribution is 5.75. The maximum atomic E-state index is 13.1. The highest BCUT2D eigenvalue weighted by Crippen LogP contribution is 2.33. The molecular formula is C14H21F3O3. The molecule has 0 aliphatic heterocycles. The number of carbonyl (C=O) groups excluding carboxylic acids is 1. The van der Waals surface area contributed by atoms with Gasteiger partial charge in [-0.15, -0.1) is 0 Å². The topological polar surface area (TPSA) is 35.5 Å². The monoisotopic (exact) mass is 294 g/mol. The van der Waals surface area contributed by atoms with E-state index in [1.807, 2.05) is 0 Å². The Morgan fingerprint density at radius 3 is 2.25 bits per heavy atom. The second-order valence-corrected chi connectivity index (χ2v) is 5.03. The molecular weight excluding hydrogens is 273 g/mol. The summed E-state index contributed by atoms with van der Waals surface area (Å²) >= 11 is 0. The van der Waals surface area contributed by atoms with Crippen molar-refractivity contribution in [3.8, 4) is 0 Å². The van der Waals surface area contributed by atoms with E-state index in [4.69, 9.17) is 0 Å². The third-order valence-electron chi connectivity index (χ3n) is 3.63. The standard InChI is InChI=1S/C14H21F3O3/c1-19-12(13(18)20-2)11(14(15,16)17)9-8-10-6-4-3-5-7-10/h8-12H,3-7H2,1-2H3/b9-8+/t11-,12+/m1/s1. The van der Waals surface area contributed by atoms with Gasteiger partial charge in [0.05, 0.1) is 7.11 Å². The molecule has 20 heavy (non-hydrogen) atoms. The molecule has 1 rings (SSSR count). The number of allylic oxidation sites excluding steroid dienone is 1. The second kappa shape index (κ2) is 7.67. The summed E-state index contributed by atoms with van der Waals surface area (Å²) in [6.07, 6.45) is 1.45. The minimum atomic E-state index is -4.54. The summed E-state index contributed by atoms with van der Waals surface area (Å²) in [5, 5.41) is 0. The van der Waals surface area contributed by atoms with Gasteiger partial charge in [-0.3, -0.25) is 0 Å². The second-order valence-electron chi connectivity index (χ2n) is 5.03.